The molecule has 1 aromatic carbocycles. The Kier molecular flexibility index (Phi) is 3.20. The number of hydrogen-bond acceptors (Lipinski definition) is 2. The van der Waals surface area contributed by atoms with Crippen molar-refractivity contribution >= 4 is 17.9 Å². The Morgan fingerprint density at radius 1 is 1.38 bits per heavy atom. The van der Waals surface area contributed by atoms with E-state index in [2.05, 4.69) is 5.32 Å². The van der Waals surface area contributed by atoms with Crippen LogP contribution in [0.4, 0.5) is 5.69 Å². The molecule has 0 saturated carbocycles. The van der Waals surface area contributed by atoms with E-state index in [1.807, 2.05) is 0 Å². The lowest BCUT2D eigenvalue weighted by molar-refractivity contribution is -0.115. The molecule has 1 N–H and O–H groups in total. The number of hydrogen-bond donors (Lipinski definition) is 1. The van der Waals surface area contributed by atoms with Crippen molar-refractivity contribution in [3.63, 3.8) is 0 Å². The number of anilines is 1. The Morgan fingerprint density at radius 3 is 2.46 bits per heavy atom. The van der Waals surface area contributed by atoms with Crippen molar-refractivity contribution in [2.75, 3.05) is 5.32 Å². The molecular formula is C10H11NO2. The molecule has 0 aliphatic carbocycles. The van der Waals surface area contributed by atoms with E-state index in [0.717, 1.165) is 12.0 Å². The Labute approximate surface area is 76.8 Å². The first kappa shape index (κ1) is 9.45. The van der Waals surface area contributed by atoms with Gasteiger partial charge < -0.3 is 5.32 Å². The van der Waals surface area contributed by atoms with Crippen molar-refractivity contribution < 1.29 is 9.59 Å². The fourth-order valence-electron chi connectivity index (χ4n) is 0.894. The third-order valence-electron chi connectivity index (χ3n) is 1.65. The standard InChI is InChI=1S/C10H11NO2/c1-2-10(13)11-9-5-3-8(7-12)4-6-9/h3-7H,2H2,1H3,(H,11,13). The summed E-state index contributed by atoms with van der Waals surface area (Å²) in [4.78, 5) is 21.3. The molecular weight excluding hydrogens is 166 g/mol. The zero-order valence-corrected chi connectivity index (χ0v) is 7.41. The SMILES string of the molecule is CCC(=O)Nc1ccc(C=O)cc1. The smallest absolute Gasteiger partial charge is 0.224 e. The second-order valence-electron chi connectivity index (χ2n) is 2.64. The highest BCUT2D eigenvalue weighted by Crippen LogP contribution is 2.08. The molecule has 0 atom stereocenters. The summed E-state index contributed by atoms with van der Waals surface area (Å²) in [7, 11) is 0. The van der Waals surface area contributed by atoms with Crippen molar-refractivity contribution in [1.29, 1.82) is 0 Å². The molecule has 3 heteroatoms. The van der Waals surface area contributed by atoms with Crippen LogP contribution in [0.2, 0.25) is 0 Å². The molecule has 0 unspecified atom stereocenters. The van der Waals surface area contributed by atoms with E-state index in [4.69, 9.17) is 0 Å². The highest BCUT2D eigenvalue weighted by Gasteiger charge is 1.97. The van der Waals surface area contributed by atoms with Crippen LogP contribution in [0.15, 0.2) is 24.3 Å². The molecule has 68 valence electrons. The van der Waals surface area contributed by atoms with Gasteiger partial charge in [-0.1, -0.05) is 6.92 Å². The van der Waals surface area contributed by atoms with Gasteiger partial charge in [-0.3, -0.25) is 9.59 Å². The van der Waals surface area contributed by atoms with Gasteiger partial charge in [-0.05, 0) is 24.3 Å². The fraction of sp³-hybridized carbons (Fsp3) is 0.200. The van der Waals surface area contributed by atoms with Gasteiger partial charge in [0.15, 0.2) is 0 Å². The van der Waals surface area contributed by atoms with Gasteiger partial charge in [0.25, 0.3) is 0 Å². The number of nitrogens with one attached hydrogen (secondary N) is 1. The molecule has 0 spiro atoms. The molecule has 0 aliphatic rings. The minimum Gasteiger partial charge on any atom is -0.326 e. The van der Waals surface area contributed by atoms with Crippen LogP contribution >= 0.6 is 0 Å². The summed E-state index contributed by atoms with van der Waals surface area (Å²) in [5.41, 5.74) is 1.33. The van der Waals surface area contributed by atoms with Crippen LogP contribution in [0.1, 0.15) is 23.7 Å². The van der Waals surface area contributed by atoms with Crippen LogP contribution in [0.5, 0.6) is 0 Å². The summed E-state index contributed by atoms with van der Waals surface area (Å²) in [6.07, 6.45) is 1.22. The van der Waals surface area contributed by atoms with Gasteiger partial charge in [-0.15, -0.1) is 0 Å². The summed E-state index contributed by atoms with van der Waals surface area (Å²) in [5.74, 6) is -0.0288. The molecule has 0 bridgehead atoms. The highest BCUT2D eigenvalue weighted by molar-refractivity contribution is 5.90. The number of rotatable bonds is 3. The predicted octanol–water partition coefficient (Wildman–Crippen LogP) is 1.85. The monoisotopic (exact) mass is 177 g/mol. The maximum absolute atomic E-state index is 11.0. The lowest BCUT2D eigenvalue weighted by Crippen LogP contribution is -2.09. The van der Waals surface area contributed by atoms with Gasteiger partial charge in [0, 0.05) is 17.7 Å². The average Bonchev–Trinajstić information content (AvgIpc) is 2.19. The normalized spacial score (nSPS) is 9.31. The molecule has 0 radical (unpaired) electrons. The van der Waals surface area contributed by atoms with E-state index in [0.29, 0.717) is 12.0 Å². The number of carbonyl (C=O) groups is 2. The first-order chi connectivity index (χ1) is 6.26. The van der Waals surface area contributed by atoms with Crippen molar-refractivity contribution in [3.8, 4) is 0 Å². The molecule has 0 aromatic heterocycles. The van der Waals surface area contributed by atoms with E-state index in [1.54, 1.807) is 31.2 Å². The number of aldehydes is 1. The summed E-state index contributed by atoms with van der Waals surface area (Å²) in [5, 5.41) is 2.69. The third-order valence-corrected chi connectivity index (χ3v) is 1.65. The van der Waals surface area contributed by atoms with E-state index < -0.39 is 0 Å². The second-order valence-corrected chi connectivity index (χ2v) is 2.64. The van der Waals surface area contributed by atoms with Crippen molar-refractivity contribution in [2.45, 2.75) is 13.3 Å². The van der Waals surface area contributed by atoms with E-state index >= 15 is 0 Å². The molecule has 1 aromatic rings. The topological polar surface area (TPSA) is 46.2 Å². The summed E-state index contributed by atoms with van der Waals surface area (Å²) < 4.78 is 0. The summed E-state index contributed by atoms with van der Waals surface area (Å²) in [6, 6.07) is 6.74. The minimum atomic E-state index is -0.0288. The van der Waals surface area contributed by atoms with Gasteiger partial charge in [-0.25, -0.2) is 0 Å². The Morgan fingerprint density at radius 2 is 2.00 bits per heavy atom. The zero-order chi connectivity index (χ0) is 9.68. The van der Waals surface area contributed by atoms with Crippen LogP contribution in [0.25, 0.3) is 0 Å². The zero-order valence-electron chi connectivity index (χ0n) is 7.41. The van der Waals surface area contributed by atoms with Crippen molar-refractivity contribution in [3.05, 3.63) is 29.8 Å². The molecule has 13 heavy (non-hydrogen) atoms. The Bertz CT molecular complexity index is 303. The van der Waals surface area contributed by atoms with Crippen molar-refractivity contribution in [1.82, 2.24) is 0 Å². The van der Waals surface area contributed by atoms with Crippen molar-refractivity contribution in [2.24, 2.45) is 0 Å². The largest absolute Gasteiger partial charge is 0.326 e. The van der Waals surface area contributed by atoms with Gasteiger partial charge in [0.1, 0.15) is 6.29 Å². The Balaban J connectivity index is 2.69. The first-order valence-corrected chi connectivity index (χ1v) is 4.11. The molecule has 0 aliphatic heterocycles. The molecule has 0 saturated heterocycles. The maximum atomic E-state index is 11.0. The minimum absolute atomic E-state index is 0.0288. The highest BCUT2D eigenvalue weighted by atomic mass is 16.1. The van der Waals surface area contributed by atoms with Gasteiger partial charge >= 0.3 is 0 Å². The predicted molar refractivity (Wildman–Crippen MR) is 50.8 cm³/mol. The lowest BCUT2D eigenvalue weighted by Gasteiger charge is -2.02. The second kappa shape index (κ2) is 4.40. The number of benzene rings is 1. The Hall–Kier alpha value is -1.64. The summed E-state index contributed by atoms with van der Waals surface area (Å²) >= 11 is 0. The summed E-state index contributed by atoms with van der Waals surface area (Å²) in [6.45, 7) is 1.79. The van der Waals surface area contributed by atoms with Crippen LogP contribution < -0.4 is 5.32 Å². The molecule has 0 heterocycles. The van der Waals surface area contributed by atoms with E-state index in [1.165, 1.54) is 0 Å². The number of carbonyl (C=O) groups excluding carboxylic acids is 2. The first-order valence-electron chi connectivity index (χ1n) is 4.11. The molecule has 1 amide bonds. The number of amides is 1. The van der Waals surface area contributed by atoms with E-state index in [9.17, 15) is 9.59 Å². The molecule has 3 nitrogen and oxygen atoms in total. The lowest BCUT2D eigenvalue weighted by atomic mass is 10.2. The van der Waals surface area contributed by atoms with Crippen LogP contribution in [-0.4, -0.2) is 12.2 Å². The van der Waals surface area contributed by atoms with Gasteiger partial charge in [-0.2, -0.15) is 0 Å². The maximum Gasteiger partial charge on any atom is 0.224 e. The van der Waals surface area contributed by atoms with Gasteiger partial charge in [0.05, 0.1) is 0 Å². The van der Waals surface area contributed by atoms with E-state index in [-0.39, 0.29) is 5.91 Å². The average molecular weight is 177 g/mol. The van der Waals surface area contributed by atoms with Crippen LogP contribution in [0.3, 0.4) is 0 Å². The quantitative estimate of drug-likeness (QED) is 0.716. The molecule has 1 rings (SSSR count). The molecule has 0 fully saturated rings. The third kappa shape index (κ3) is 2.71. The fourth-order valence-corrected chi connectivity index (χ4v) is 0.894. The van der Waals surface area contributed by atoms with Crippen LogP contribution in [-0.2, 0) is 4.79 Å². The van der Waals surface area contributed by atoms with Crippen LogP contribution in [0, 0.1) is 0 Å². The van der Waals surface area contributed by atoms with Gasteiger partial charge in [0.2, 0.25) is 5.91 Å².